The summed E-state index contributed by atoms with van der Waals surface area (Å²) in [4.78, 5) is 0.0408. The highest BCUT2D eigenvalue weighted by atomic mass is 32.2. The fourth-order valence-electron chi connectivity index (χ4n) is 3.94. The number of hydrogen-bond donors (Lipinski definition) is 0. The van der Waals surface area contributed by atoms with E-state index < -0.39 is 10.1 Å². The van der Waals surface area contributed by atoms with E-state index in [1.807, 2.05) is 71.3 Å². The molecule has 5 aromatic rings. The predicted octanol–water partition coefficient (Wildman–Crippen LogP) is 5.91. The zero-order valence-corrected chi connectivity index (χ0v) is 18.2. The first-order valence-electron chi connectivity index (χ1n) is 10.3. The number of aromatic nitrogens is 1. The molecule has 0 N–H and O–H groups in total. The molecule has 5 nitrogen and oxygen atoms in total. The van der Waals surface area contributed by atoms with Crippen molar-refractivity contribution in [3.05, 3.63) is 115 Å². The van der Waals surface area contributed by atoms with Gasteiger partial charge in [0.1, 0.15) is 16.5 Å². The van der Waals surface area contributed by atoms with Crippen LogP contribution in [0.3, 0.4) is 0 Å². The minimum atomic E-state index is -4.15. The molecule has 0 bridgehead atoms. The Morgan fingerprint density at radius 3 is 1.91 bits per heavy atom. The third-order valence-corrected chi connectivity index (χ3v) is 6.60. The number of benzene rings is 3. The van der Waals surface area contributed by atoms with Crippen LogP contribution in [0.25, 0.3) is 27.9 Å². The number of pyridine rings is 1. The van der Waals surface area contributed by atoms with Gasteiger partial charge in [0.15, 0.2) is 5.75 Å². The molecule has 6 heteroatoms. The maximum absolute atomic E-state index is 13.3. The summed E-state index contributed by atoms with van der Waals surface area (Å²) in [6.07, 6.45) is 1.81. The molecule has 3 aromatic carbocycles. The number of nitriles is 1. The number of nitrogens with zero attached hydrogens (tertiary/aromatic N) is 2. The second kappa shape index (κ2) is 8.30. The number of rotatable bonds is 5. The highest BCUT2D eigenvalue weighted by molar-refractivity contribution is 7.87. The van der Waals surface area contributed by atoms with E-state index in [2.05, 4.69) is 6.07 Å². The van der Waals surface area contributed by atoms with Crippen LogP contribution < -0.4 is 4.18 Å². The lowest BCUT2D eigenvalue weighted by molar-refractivity contribution is 0.489. The molecule has 0 radical (unpaired) electrons. The van der Waals surface area contributed by atoms with Crippen molar-refractivity contribution >= 4 is 15.6 Å². The summed E-state index contributed by atoms with van der Waals surface area (Å²) in [5, 5.41) is 9.85. The lowest BCUT2D eigenvalue weighted by atomic mass is 10.0. The normalized spacial score (nSPS) is 11.2. The molecule has 0 atom stereocenters. The molecule has 0 aliphatic heterocycles. The largest absolute Gasteiger partial charge is 0.376 e. The maximum atomic E-state index is 13.3. The fraction of sp³-hybridized carbons (Fsp3) is 0. The van der Waals surface area contributed by atoms with Gasteiger partial charge in [-0.25, -0.2) is 0 Å². The van der Waals surface area contributed by atoms with Crippen LogP contribution in [-0.4, -0.2) is 12.8 Å². The topological polar surface area (TPSA) is 71.6 Å². The Morgan fingerprint density at radius 2 is 1.30 bits per heavy atom. The summed E-state index contributed by atoms with van der Waals surface area (Å²) in [5.74, 6) is 0.126. The molecule has 2 aromatic heterocycles. The van der Waals surface area contributed by atoms with Gasteiger partial charge in [0.05, 0.1) is 16.8 Å². The Balaban J connectivity index is 1.90. The Morgan fingerprint density at radius 1 is 0.727 bits per heavy atom. The molecular formula is C27H18N2O3S. The minimum Gasteiger partial charge on any atom is -0.376 e. The molecule has 0 amide bonds. The van der Waals surface area contributed by atoms with Crippen molar-refractivity contribution in [1.82, 2.24) is 4.40 Å². The summed E-state index contributed by atoms with van der Waals surface area (Å²) >= 11 is 0. The second-order valence-electron chi connectivity index (χ2n) is 7.39. The fourth-order valence-corrected chi connectivity index (χ4v) is 4.91. The molecule has 5 rings (SSSR count). The van der Waals surface area contributed by atoms with Crippen LogP contribution in [0.1, 0.15) is 5.56 Å². The van der Waals surface area contributed by atoms with Crippen LogP contribution in [0, 0.1) is 11.3 Å². The monoisotopic (exact) mass is 450 g/mol. The smallest absolute Gasteiger partial charge is 0.339 e. The molecule has 0 fully saturated rings. The van der Waals surface area contributed by atoms with Crippen molar-refractivity contribution in [3.63, 3.8) is 0 Å². The van der Waals surface area contributed by atoms with Gasteiger partial charge in [-0.3, -0.25) is 0 Å². The van der Waals surface area contributed by atoms with Crippen LogP contribution in [0.4, 0.5) is 0 Å². The van der Waals surface area contributed by atoms with Gasteiger partial charge < -0.3 is 8.58 Å². The van der Waals surface area contributed by atoms with Gasteiger partial charge in [-0.05, 0) is 35.4 Å². The molecule has 160 valence electrons. The average molecular weight is 451 g/mol. The second-order valence-corrected chi connectivity index (χ2v) is 8.93. The van der Waals surface area contributed by atoms with Gasteiger partial charge in [-0.1, -0.05) is 78.9 Å². The molecule has 0 saturated carbocycles. The molecule has 0 saturated heterocycles. The van der Waals surface area contributed by atoms with Crippen LogP contribution in [0.15, 0.2) is 114 Å². The van der Waals surface area contributed by atoms with Crippen LogP contribution in [0.2, 0.25) is 0 Å². The van der Waals surface area contributed by atoms with Crippen molar-refractivity contribution in [2.24, 2.45) is 0 Å². The zero-order valence-electron chi connectivity index (χ0n) is 17.4. The molecule has 2 heterocycles. The third-order valence-electron chi connectivity index (χ3n) is 5.37. The summed E-state index contributed by atoms with van der Waals surface area (Å²) < 4.78 is 34.2. The van der Waals surface area contributed by atoms with Gasteiger partial charge in [0.25, 0.3) is 0 Å². The minimum absolute atomic E-state index is 0.0408. The lowest BCUT2D eigenvalue weighted by Crippen LogP contribution is -2.10. The van der Waals surface area contributed by atoms with Gasteiger partial charge in [-0.2, -0.15) is 13.7 Å². The van der Waals surface area contributed by atoms with Crippen LogP contribution >= 0.6 is 0 Å². The maximum Gasteiger partial charge on any atom is 0.339 e. The Bertz CT molecular complexity index is 1590. The zero-order chi connectivity index (χ0) is 22.8. The van der Waals surface area contributed by atoms with E-state index in [-0.39, 0.29) is 10.6 Å². The van der Waals surface area contributed by atoms with Crippen molar-refractivity contribution in [2.75, 3.05) is 0 Å². The van der Waals surface area contributed by atoms with Crippen molar-refractivity contribution in [3.8, 4) is 34.2 Å². The van der Waals surface area contributed by atoms with Crippen LogP contribution in [0.5, 0.6) is 5.75 Å². The summed E-state index contributed by atoms with van der Waals surface area (Å²) in [7, 11) is -4.15. The van der Waals surface area contributed by atoms with E-state index in [0.29, 0.717) is 16.6 Å². The summed E-state index contributed by atoms with van der Waals surface area (Å²) in [6.45, 7) is 0. The number of hydrogen-bond acceptors (Lipinski definition) is 4. The molecule has 33 heavy (non-hydrogen) atoms. The first-order valence-corrected chi connectivity index (χ1v) is 11.7. The SMILES string of the molecule is N#Cc1cccn2c(-c3ccccc3)c(-c3ccccc3)c(OS(=O)(=O)c3ccccc3)c12. The molecule has 0 aliphatic carbocycles. The van der Waals surface area contributed by atoms with E-state index >= 15 is 0 Å². The van der Waals surface area contributed by atoms with Gasteiger partial charge in [-0.15, -0.1) is 0 Å². The highest BCUT2D eigenvalue weighted by Gasteiger charge is 2.28. The highest BCUT2D eigenvalue weighted by Crippen LogP contribution is 2.46. The molecule has 0 spiro atoms. The van der Waals surface area contributed by atoms with Gasteiger partial charge in [0.2, 0.25) is 0 Å². The Kier molecular flexibility index (Phi) is 5.17. The van der Waals surface area contributed by atoms with Crippen molar-refractivity contribution in [1.29, 1.82) is 5.26 Å². The van der Waals surface area contributed by atoms with Gasteiger partial charge >= 0.3 is 10.1 Å². The Hall–Kier alpha value is -4.34. The first kappa shape index (κ1) is 20.6. The Labute approximate surface area is 191 Å². The number of fused-ring (bicyclic) bond motifs is 1. The van der Waals surface area contributed by atoms with E-state index in [0.717, 1.165) is 16.8 Å². The molecule has 0 unspecified atom stereocenters. The lowest BCUT2D eigenvalue weighted by Gasteiger charge is -2.10. The van der Waals surface area contributed by atoms with E-state index in [1.54, 1.807) is 30.3 Å². The predicted molar refractivity (Wildman–Crippen MR) is 127 cm³/mol. The van der Waals surface area contributed by atoms with Crippen molar-refractivity contribution in [2.45, 2.75) is 4.90 Å². The molecule has 0 aliphatic rings. The first-order chi connectivity index (χ1) is 16.1. The summed E-state index contributed by atoms with van der Waals surface area (Å²) in [6, 6.07) is 32.7. The van der Waals surface area contributed by atoms with Crippen LogP contribution in [-0.2, 0) is 10.1 Å². The van der Waals surface area contributed by atoms with E-state index in [1.165, 1.54) is 12.1 Å². The standard InChI is InChI=1S/C27H18N2O3S/c28-19-22-15-10-18-29-25(21-13-6-2-7-14-21)24(20-11-4-1-5-12-20)27(26(22)29)32-33(30,31)23-16-8-3-9-17-23/h1-18H. The van der Waals surface area contributed by atoms with E-state index in [4.69, 9.17) is 4.18 Å². The third kappa shape index (κ3) is 3.65. The summed E-state index contributed by atoms with van der Waals surface area (Å²) in [5.41, 5.74) is 3.71. The van der Waals surface area contributed by atoms with E-state index in [9.17, 15) is 13.7 Å². The van der Waals surface area contributed by atoms with Gasteiger partial charge in [0, 0.05) is 6.20 Å². The van der Waals surface area contributed by atoms with Crippen molar-refractivity contribution < 1.29 is 12.6 Å². The average Bonchev–Trinajstić information content (AvgIpc) is 3.19. The molecular weight excluding hydrogens is 432 g/mol. The quantitative estimate of drug-likeness (QED) is 0.312.